The van der Waals surface area contributed by atoms with Crippen LogP contribution in [0, 0.1) is 5.92 Å². The Balaban J connectivity index is 3.53. The molecule has 0 amide bonds. The lowest BCUT2D eigenvalue weighted by Gasteiger charge is -2.17. The second-order valence-corrected chi connectivity index (χ2v) is 3.33. The van der Waals surface area contributed by atoms with Crippen LogP contribution in [-0.4, -0.2) is 16.5 Å². The summed E-state index contributed by atoms with van der Waals surface area (Å²) < 4.78 is 0. The van der Waals surface area contributed by atoms with Crippen LogP contribution in [0.25, 0.3) is 0 Å². The summed E-state index contributed by atoms with van der Waals surface area (Å²) in [7, 11) is 0. The van der Waals surface area contributed by atoms with Crippen molar-refractivity contribution in [1.29, 1.82) is 0 Å². The van der Waals surface area contributed by atoms with Crippen LogP contribution in [0.2, 0.25) is 0 Å². The molecule has 1 N–H and O–H groups in total. The number of rotatable bonds is 5. The molecule has 0 bridgehead atoms. The first kappa shape index (κ1) is 10.4. The maximum absolute atomic E-state index is 9.48. The second kappa shape index (κ2) is 6.17. The highest BCUT2D eigenvalue weighted by molar-refractivity contribution is 9.09. The third-order valence-electron chi connectivity index (χ3n) is 1.85. The molecule has 0 fully saturated rings. The van der Waals surface area contributed by atoms with Crippen molar-refractivity contribution in [1.82, 2.24) is 0 Å². The van der Waals surface area contributed by atoms with Gasteiger partial charge in [-0.2, -0.15) is 0 Å². The molecular weight excluding hydrogens is 192 g/mol. The summed E-state index contributed by atoms with van der Waals surface area (Å²) in [5.41, 5.74) is 0. The van der Waals surface area contributed by atoms with Crippen LogP contribution >= 0.6 is 15.9 Å². The number of aliphatic hydroxyl groups excluding tert-OH is 1. The molecule has 0 spiro atoms. The van der Waals surface area contributed by atoms with Crippen molar-refractivity contribution < 1.29 is 5.11 Å². The Hall–Kier alpha value is 0.440. The van der Waals surface area contributed by atoms with Gasteiger partial charge in [0.05, 0.1) is 6.10 Å². The molecule has 1 nitrogen and oxygen atoms in total. The zero-order valence-electron chi connectivity index (χ0n) is 6.81. The number of hydrogen-bond donors (Lipinski definition) is 1. The van der Waals surface area contributed by atoms with Gasteiger partial charge in [0.2, 0.25) is 0 Å². The molecule has 0 aliphatic carbocycles. The van der Waals surface area contributed by atoms with E-state index in [2.05, 4.69) is 29.8 Å². The van der Waals surface area contributed by atoms with Gasteiger partial charge in [0.25, 0.3) is 0 Å². The first-order chi connectivity index (χ1) is 4.76. The van der Waals surface area contributed by atoms with E-state index in [9.17, 15) is 5.11 Å². The van der Waals surface area contributed by atoms with E-state index < -0.39 is 0 Å². The Labute approximate surface area is 72.0 Å². The van der Waals surface area contributed by atoms with Crippen molar-refractivity contribution in [2.24, 2.45) is 5.92 Å². The fourth-order valence-electron chi connectivity index (χ4n) is 1.02. The Morgan fingerprint density at radius 3 is 2.30 bits per heavy atom. The molecule has 0 radical (unpaired) electrons. The molecule has 0 heterocycles. The number of hydrogen-bond acceptors (Lipinski definition) is 1. The van der Waals surface area contributed by atoms with Gasteiger partial charge in [-0.1, -0.05) is 42.6 Å². The molecule has 10 heavy (non-hydrogen) atoms. The first-order valence-corrected chi connectivity index (χ1v) is 5.12. The lowest BCUT2D eigenvalue weighted by atomic mass is 9.98. The van der Waals surface area contributed by atoms with Gasteiger partial charge >= 0.3 is 0 Å². The summed E-state index contributed by atoms with van der Waals surface area (Å²) in [5, 5.41) is 10.4. The van der Waals surface area contributed by atoms with Crippen molar-refractivity contribution in [2.75, 3.05) is 5.33 Å². The van der Waals surface area contributed by atoms with Crippen molar-refractivity contribution in [2.45, 2.75) is 39.2 Å². The summed E-state index contributed by atoms with van der Waals surface area (Å²) >= 11 is 3.39. The SMILES string of the molecule is CCCC(O)C(CC)CBr. The van der Waals surface area contributed by atoms with Crippen LogP contribution in [0.4, 0.5) is 0 Å². The number of aliphatic hydroxyl groups is 1. The highest BCUT2D eigenvalue weighted by Gasteiger charge is 2.14. The van der Waals surface area contributed by atoms with E-state index in [-0.39, 0.29) is 6.10 Å². The fraction of sp³-hybridized carbons (Fsp3) is 1.00. The number of halogens is 1. The number of alkyl halides is 1. The third kappa shape index (κ3) is 3.57. The molecule has 0 aromatic rings. The molecule has 0 aliphatic heterocycles. The average Bonchev–Trinajstić information content (AvgIpc) is 1.91. The molecule has 0 aliphatic rings. The smallest absolute Gasteiger partial charge is 0.0576 e. The molecule has 0 aromatic carbocycles. The molecule has 0 saturated heterocycles. The summed E-state index contributed by atoms with van der Waals surface area (Å²) in [6.07, 6.45) is 2.97. The van der Waals surface area contributed by atoms with Gasteiger partial charge in [-0.25, -0.2) is 0 Å². The van der Waals surface area contributed by atoms with Gasteiger partial charge < -0.3 is 5.11 Å². The standard InChI is InChI=1S/C8H17BrO/c1-3-5-8(10)7(4-2)6-9/h7-8,10H,3-6H2,1-2H3. The maximum Gasteiger partial charge on any atom is 0.0576 e. The molecule has 62 valence electrons. The lowest BCUT2D eigenvalue weighted by Crippen LogP contribution is -2.20. The van der Waals surface area contributed by atoms with E-state index in [1.165, 1.54) is 0 Å². The zero-order valence-corrected chi connectivity index (χ0v) is 8.39. The van der Waals surface area contributed by atoms with Crippen molar-refractivity contribution in [3.63, 3.8) is 0 Å². The Bertz CT molecular complexity index is 71.7. The maximum atomic E-state index is 9.48. The van der Waals surface area contributed by atoms with Crippen LogP contribution in [0.1, 0.15) is 33.1 Å². The van der Waals surface area contributed by atoms with Crippen molar-refractivity contribution in [3.8, 4) is 0 Å². The van der Waals surface area contributed by atoms with Gasteiger partial charge in [-0.15, -0.1) is 0 Å². The van der Waals surface area contributed by atoms with Gasteiger partial charge in [-0.3, -0.25) is 0 Å². The van der Waals surface area contributed by atoms with Crippen LogP contribution in [0.5, 0.6) is 0 Å². The monoisotopic (exact) mass is 208 g/mol. The summed E-state index contributed by atoms with van der Waals surface area (Å²) in [4.78, 5) is 0. The van der Waals surface area contributed by atoms with Crippen LogP contribution in [0.3, 0.4) is 0 Å². The third-order valence-corrected chi connectivity index (χ3v) is 2.68. The van der Waals surface area contributed by atoms with E-state index in [0.717, 1.165) is 24.6 Å². The predicted octanol–water partition coefficient (Wildman–Crippen LogP) is 2.57. The molecule has 0 saturated carbocycles. The largest absolute Gasteiger partial charge is 0.393 e. The summed E-state index contributed by atoms with van der Waals surface area (Å²) in [6, 6.07) is 0. The van der Waals surface area contributed by atoms with Gasteiger partial charge in [0.15, 0.2) is 0 Å². The molecule has 2 atom stereocenters. The first-order valence-electron chi connectivity index (χ1n) is 4.00. The summed E-state index contributed by atoms with van der Waals surface area (Å²) in [6.45, 7) is 4.22. The normalized spacial score (nSPS) is 16.8. The minimum Gasteiger partial charge on any atom is -0.393 e. The Morgan fingerprint density at radius 1 is 1.40 bits per heavy atom. The summed E-state index contributed by atoms with van der Waals surface area (Å²) in [5.74, 6) is 0.444. The quantitative estimate of drug-likeness (QED) is 0.690. The minimum atomic E-state index is -0.102. The molecular formula is C8H17BrO. The van der Waals surface area contributed by atoms with E-state index in [1.54, 1.807) is 0 Å². The van der Waals surface area contributed by atoms with Gasteiger partial charge in [0.1, 0.15) is 0 Å². The Kier molecular flexibility index (Phi) is 6.44. The van der Waals surface area contributed by atoms with Gasteiger partial charge in [0, 0.05) is 5.33 Å². The lowest BCUT2D eigenvalue weighted by molar-refractivity contribution is 0.108. The van der Waals surface area contributed by atoms with E-state index in [1.807, 2.05) is 0 Å². The predicted molar refractivity (Wildman–Crippen MR) is 48.5 cm³/mol. The van der Waals surface area contributed by atoms with E-state index in [4.69, 9.17) is 0 Å². The van der Waals surface area contributed by atoms with E-state index in [0.29, 0.717) is 5.92 Å². The second-order valence-electron chi connectivity index (χ2n) is 2.68. The van der Waals surface area contributed by atoms with Crippen LogP contribution in [0.15, 0.2) is 0 Å². The fourth-order valence-corrected chi connectivity index (χ4v) is 1.90. The molecule has 0 rings (SSSR count). The van der Waals surface area contributed by atoms with Crippen LogP contribution in [-0.2, 0) is 0 Å². The van der Waals surface area contributed by atoms with Gasteiger partial charge in [-0.05, 0) is 12.3 Å². The highest BCUT2D eigenvalue weighted by Crippen LogP contribution is 2.15. The topological polar surface area (TPSA) is 20.2 Å². The average molecular weight is 209 g/mol. The Morgan fingerprint density at radius 2 is 2.00 bits per heavy atom. The highest BCUT2D eigenvalue weighted by atomic mass is 79.9. The molecule has 2 heteroatoms. The zero-order chi connectivity index (χ0) is 7.98. The minimum absolute atomic E-state index is 0.102. The van der Waals surface area contributed by atoms with E-state index >= 15 is 0 Å². The van der Waals surface area contributed by atoms with Crippen molar-refractivity contribution >= 4 is 15.9 Å². The van der Waals surface area contributed by atoms with Crippen molar-refractivity contribution in [3.05, 3.63) is 0 Å². The van der Waals surface area contributed by atoms with Crippen LogP contribution < -0.4 is 0 Å². The molecule has 2 unspecified atom stereocenters. The molecule has 0 aromatic heterocycles.